The van der Waals surface area contributed by atoms with Crippen LogP contribution in [0.4, 0.5) is 0 Å². The van der Waals surface area contributed by atoms with E-state index >= 15 is 0 Å². The van der Waals surface area contributed by atoms with Crippen LogP contribution < -0.4 is 5.32 Å². The maximum absolute atomic E-state index is 12.0. The average Bonchev–Trinajstić information content (AvgIpc) is 2.65. The number of carbonyl (C=O) groups is 1. The second kappa shape index (κ2) is 4.32. The Morgan fingerprint density at radius 1 is 1.29 bits per heavy atom. The van der Waals surface area contributed by atoms with Crippen molar-refractivity contribution in [2.24, 2.45) is 0 Å². The van der Waals surface area contributed by atoms with Crippen LogP contribution in [0.15, 0.2) is 10.6 Å². The number of hydrogen-bond acceptors (Lipinski definition) is 2. The van der Waals surface area contributed by atoms with E-state index in [1.54, 1.807) is 0 Å². The molecule has 0 atom stereocenters. The molecular weight excluding hydrogens is 200 g/mol. The van der Waals surface area contributed by atoms with Crippen LogP contribution in [0.1, 0.15) is 19.3 Å². The lowest BCUT2D eigenvalue weighted by Crippen LogP contribution is -2.46. The highest BCUT2D eigenvalue weighted by molar-refractivity contribution is 6.32. The SMILES string of the molecule is O=C(C1=C(Cl)CCC1)N1CCNCC1. The molecule has 0 bridgehead atoms. The van der Waals surface area contributed by atoms with Crippen molar-refractivity contribution in [1.29, 1.82) is 0 Å². The monoisotopic (exact) mass is 214 g/mol. The molecule has 2 aliphatic rings. The zero-order valence-electron chi connectivity index (χ0n) is 8.18. The molecule has 1 aliphatic carbocycles. The molecule has 4 heteroatoms. The molecule has 0 unspecified atom stereocenters. The quantitative estimate of drug-likeness (QED) is 0.709. The number of nitrogens with one attached hydrogen (secondary N) is 1. The van der Waals surface area contributed by atoms with Crippen LogP contribution in [0.3, 0.4) is 0 Å². The molecule has 1 amide bonds. The van der Waals surface area contributed by atoms with Crippen LogP contribution >= 0.6 is 11.6 Å². The summed E-state index contributed by atoms with van der Waals surface area (Å²) in [6, 6.07) is 0. The highest BCUT2D eigenvalue weighted by Crippen LogP contribution is 2.30. The number of hydrogen-bond donors (Lipinski definition) is 1. The van der Waals surface area contributed by atoms with E-state index in [9.17, 15) is 4.79 Å². The Morgan fingerprint density at radius 3 is 2.57 bits per heavy atom. The van der Waals surface area contributed by atoms with E-state index in [2.05, 4.69) is 5.32 Å². The first-order valence-corrected chi connectivity index (χ1v) is 5.54. The van der Waals surface area contributed by atoms with E-state index < -0.39 is 0 Å². The fourth-order valence-corrected chi connectivity index (χ4v) is 2.30. The maximum atomic E-state index is 12.0. The Bertz CT molecular complexity index is 269. The topological polar surface area (TPSA) is 32.3 Å². The Kier molecular flexibility index (Phi) is 3.08. The number of piperazine rings is 1. The summed E-state index contributed by atoms with van der Waals surface area (Å²) >= 11 is 6.01. The van der Waals surface area contributed by atoms with E-state index in [-0.39, 0.29) is 5.91 Å². The van der Waals surface area contributed by atoms with Gasteiger partial charge >= 0.3 is 0 Å². The summed E-state index contributed by atoms with van der Waals surface area (Å²) < 4.78 is 0. The van der Waals surface area contributed by atoms with Gasteiger partial charge in [-0.2, -0.15) is 0 Å². The average molecular weight is 215 g/mol. The summed E-state index contributed by atoms with van der Waals surface area (Å²) in [6.07, 6.45) is 2.78. The van der Waals surface area contributed by atoms with Crippen molar-refractivity contribution < 1.29 is 4.79 Å². The Labute approximate surface area is 89.1 Å². The van der Waals surface area contributed by atoms with Gasteiger partial charge in [0, 0.05) is 36.8 Å². The van der Waals surface area contributed by atoms with Gasteiger partial charge in [0.05, 0.1) is 0 Å². The molecule has 0 radical (unpaired) electrons. The molecule has 0 aromatic heterocycles. The summed E-state index contributed by atoms with van der Waals surface area (Å²) in [5.41, 5.74) is 0.855. The van der Waals surface area contributed by atoms with Crippen molar-refractivity contribution >= 4 is 17.5 Å². The van der Waals surface area contributed by atoms with Crippen LogP contribution in [-0.2, 0) is 4.79 Å². The predicted molar refractivity (Wildman–Crippen MR) is 56.2 cm³/mol. The Balaban J connectivity index is 2.03. The largest absolute Gasteiger partial charge is 0.336 e. The minimum Gasteiger partial charge on any atom is -0.336 e. The summed E-state index contributed by atoms with van der Waals surface area (Å²) in [5.74, 6) is 0.161. The lowest BCUT2D eigenvalue weighted by Gasteiger charge is -2.28. The van der Waals surface area contributed by atoms with Crippen molar-refractivity contribution in [3.8, 4) is 0 Å². The third-order valence-corrected chi connectivity index (χ3v) is 3.23. The van der Waals surface area contributed by atoms with Gasteiger partial charge in [0.2, 0.25) is 0 Å². The summed E-state index contributed by atoms with van der Waals surface area (Å²) in [7, 11) is 0. The van der Waals surface area contributed by atoms with Gasteiger partial charge in [-0.1, -0.05) is 11.6 Å². The second-order valence-corrected chi connectivity index (χ2v) is 4.24. The van der Waals surface area contributed by atoms with Crippen molar-refractivity contribution in [3.05, 3.63) is 10.6 Å². The summed E-state index contributed by atoms with van der Waals surface area (Å²) in [6.45, 7) is 3.42. The summed E-state index contributed by atoms with van der Waals surface area (Å²) in [5, 5.41) is 4.01. The molecule has 0 spiro atoms. The number of amides is 1. The number of rotatable bonds is 1. The molecule has 0 saturated carbocycles. The molecule has 1 saturated heterocycles. The molecule has 1 N–H and O–H groups in total. The zero-order chi connectivity index (χ0) is 9.97. The first kappa shape index (κ1) is 9.99. The number of nitrogens with zero attached hydrogens (tertiary/aromatic N) is 1. The van der Waals surface area contributed by atoms with Gasteiger partial charge in [-0.3, -0.25) is 4.79 Å². The number of carbonyl (C=O) groups excluding carboxylic acids is 1. The van der Waals surface area contributed by atoms with E-state index in [0.29, 0.717) is 0 Å². The highest BCUT2D eigenvalue weighted by Gasteiger charge is 2.24. The van der Waals surface area contributed by atoms with Crippen molar-refractivity contribution in [3.63, 3.8) is 0 Å². The van der Waals surface area contributed by atoms with E-state index in [0.717, 1.165) is 56.0 Å². The van der Waals surface area contributed by atoms with Gasteiger partial charge in [-0.15, -0.1) is 0 Å². The molecule has 0 aromatic carbocycles. The van der Waals surface area contributed by atoms with Crippen LogP contribution in [0, 0.1) is 0 Å². The van der Waals surface area contributed by atoms with Gasteiger partial charge in [0.1, 0.15) is 0 Å². The molecule has 3 nitrogen and oxygen atoms in total. The van der Waals surface area contributed by atoms with Gasteiger partial charge in [0.25, 0.3) is 5.91 Å². The first-order valence-electron chi connectivity index (χ1n) is 5.16. The minimum absolute atomic E-state index is 0.161. The van der Waals surface area contributed by atoms with E-state index in [1.807, 2.05) is 4.90 Å². The predicted octanol–water partition coefficient (Wildman–Crippen LogP) is 1.09. The highest BCUT2D eigenvalue weighted by atomic mass is 35.5. The third kappa shape index (κ3) is 1.93. The van der Waals surface area contributed by atoms with Crippen molar-refractivity contribution in [2.45, 2.75) is 19.3 Å². The lowest BCUT2D eigenvalue weighted by molar-refractivity contribution is -0.127. The lowest BCUT2D eigenvalue weighted by atomic mass is 10.2. The molecule has 1 fully saturated rings. The molecule has 1 aliphatic heterocycles. The van der Waals surface area contributed by atoms with Gasteiger partial charge < -0.3 is 10.2 Å². The van der Waals surface area contributed by atoms with Crippen molar-refractivity contribution in [2.75, 3.05) is 26.2 Å². The smallest absolute Gasteiger partial charge is 0.251 e. The second-order valence-electron chi connectivity index (χ2n) is 3.78. The maximum Gasteiger partial charge on any atom is 0.251 e. The standard InChI is InChI=1S/C10H15ClN2O/c11-9-3-1-2-8(9)10(14)13-6-4-12-5-7-13/h12H,1-7H2. The summed E-state index contributed by atoms with van der Waals surface area (Å²) in [4.78, 5) is 13.9. The molecular formula is C10H15ClN2O. The van der Waals surface area contributed by atoms with E-state index in [4.69, 9.17) is 11.6 Å². The van der Waals surface area contributed by atoms with Gasteiger partial charge in [-0.05, 0) is 19.3 Å². The molecule has 2 rings (SSSR count). The van der Waals surface area contributed by atoms with Gasteiger partial charge in [-0.25, -0.2) is 0 Å². The molecule has 14 heavy (non-hydrogen) atoms. The number of halogens is 1. The molecule has 1 heterocycles. The molecule has 78 valence electrons. The van der Waals surface area contributed by atoms with Crippen LogP contribution in [0.25, 0.3) is 0 Å². The van der Waals surface area contributed by atoms with Crippen LogP contribution in [-0.4, -0.2) is 37.0 Å². The Hall–Kier alpha value is -0.540. The fourth-order valence-electron chi connectivity index (χ4n) is 1.99. The zero-order valence-corrected chi connectivity index (χ0v) is 8.94. The van der Waals surface area contributed by atoms with Gasteiger partial charge in [0.15, 0.2) is 0 Å². The number of allylic oxidation sites excluding steroid dienone is 1. The van der Waals surface area contributed by atoms with Crippen LogP contribution in [0.5, 0.6) is 0 Å². The third-order valence-electron chi connectivity index (χ3n) is 2.81. The van der Waals surface area contributed by atoms with Crippen LogP contribution in [0.2, 0.25) is 0 Å². The minimum atomic E-state index is 0.161. The Morgan fingerprint density at radius 2 is 2.00 bits per heavy atom. The normalized spacial score (nSPS) is 23.1. The van der Waals surface area contributed by atoms with E-state index in [1.165, 1.54) is 0 Å². The first-order chi connectivity index (χ1) is 6.79. The van der Waals surface area contributed by atoms with Crippen molar-refractivity contribution in [1.82, 2.24) is 10.2 Å². The fraction of sp³-hybridized carbons (Fsp3) is 0.700. The molecule has 0 aromatic rings.